The summed E-state index contributed by atoms with van der Waals surface area (Å²) in [5, 5.41) is 0. The van der Waals surface area contributed by atoms with Gasteiger partial charge in [0.15, 0.2) is 11.7 Å². The van der Waals surface area contributed by atoms with E-state index < -0.39 is 0 Å². The van der Waals surface area contributed by atoms with E-state index in [0.29, 0.717) is 5.82 Å². The van der Waals surface area contributed by atoms with Crippen LogP contribution in [0.3, 0.4) is 0 Å². The minimum absolute atomic E-state index is 0.639. The van der Waals surface area contributed by atoms with Gasteiger partial charge in [-0.1, -0.05) is 6.07 Å². The van der Waals surface area contributed by atoms with E-state index in [4.69, 9.17) is 4.42 Å². The van der Waals surface area contributed by atoms with E-state index in [-0.39, 0.29) is 0 Å². The molecular weight excluding hydrogens is 240 g/mol. The van der Waals surface area contributed by atoms with Crippen molar-refractivity contribution in [1.82, 2.24) is 19.9 Å². The predicted octanol–water partition coefficient (Wildman–Crippen LogP) is 2.31. The topological polar surface area (TPSA) is 64.7 Å². The van der Waals surface area contributed by atoms with Crippen LogP contribution < -0.4 is 0 Å². The molecule has 3 rings (SSSR count). The van der Waals surface area contributed by atoms with E-state index in [1.807, 2.05) is 30.6 Å². The Balaban J connectivity index is 1.69. The molecule has 0 aliphatic heterocycles. The number of aryl methyl sites for hydroxylation is 2. The highest BCUT2D eigenvalue weighted by molar-refractivity contribution is 5.47. The first-order valence-electron chi connectivity index (χ1n) is 6.02. The van der Waals surface area contributed by atoms with Crippen LogP contribution in [0.1, 0.15) is 11.5 Å². The van der Waals surface area contributed by atoms with Gasteiger partial charge in [0.25, 0.3) is 0 Å². The molecule has 3 aromatic heterocycles. The van der Waals surface area contributed by atoms with Crippen LogP contribution >= 0.6 is 0 Å². The normalized spacial score (nSPS) is 10.5. The quantitative estimate of drug-likeness (QED) is 0.713. The summed E-state index contributed by atoms with van der Waals surface area (Å²) in [5.41, 5.74) is 1.83. The third-order valence-electron chi connectivity index (χ3n) is 2.71. The zero-order valence-electron chi connectivity index (χ0n) is 10.2. The van der Waals surface area contributed by atoms with Gasteiger partial charge < -0.3 is 4.42 Å². The summed E-state index contributed by atoms with van der Waals surface area (Å²) in [6, 6.07) is 5.68. The summed E-state index contributed by atoms with van der Waals surface area (Å²) in [7, 11) is 0. The fraction of sp³-hybridized carbons (Fsp3) is 0.143. The molecule has 0 amide bonds. The molecule has 0 aliphatic carbocycles. The Kier molecular flexibility index (Phi) is 3.27. The van der Waals surface area contributed by atoms with E-state index >= 15 is 0 Å². The SMILES string of the molecule is c1ccc(-c2ncc(CCc3ncco3)cn2)nc1. The number of hydrogen-bond acceptors (Lipinski definition) is 5. The lowest BCUT2D eigenvalue weighted by atomic mass is 10.2. The fourth-order valence-corrected chi connectivity index (χ4v) is 1.74. The standard InChI is InChI=1S/C14H12N4O/c1-2-6-15-12(3-1)14-17-9-11(10-18-14)4-5-13-16-7-8-19-13/h1-3,6-10H,4-5H2. The van der Waals surface area contributed by atoms with Crippen LogP contribution in [-0.4, -0.2) is 19.9 Å². The van der Waals surface area contributed by atoms with Crippen LogP contribution in [0, 0.1) is 0 Å². The molecule has 19 heavy (non-hydrogen) atoms. The molecule has 5 heteroatoms. The maximum atomic E-state index is 5.19. The van der Waals surface area contributed by atoms with Crippen molar-refractivity contribution in [2.75, 3.05) is 0 Å². The molecule has 0 atom stereocenters. The third-order valence-corrected chi connectivity index (χ3v) is 2.71. The molecule has 0 N–H and O–H groups in total. The highest BCUT2D eigenvalue weighted by atomic mass is 16.3. The number of pyridine rings is 1. The van der Waals surface area contributed by atoms with Crippen molar-refractivity contribution in [1.29, 1.82) is 0 Å². The average molecular weight is 252 g/mol. The molecule has 3 aromatic rings. The number of aromatic nitrogens is 4. The molecule has 0 unspecified atom stereocenters. The van der Waals surface area contributed by atoms with Gasteiger partial charge in [-0.25, -0.2) is 15.0 Å². The molecular formula is C14H12N4O. The van der Waals surface area contributed by atoms with E-state index in [2.05, 4.69) is 19.9 Å². The molecule has 3 heterocycles. The average Bonchev–Trinajstić information content (AvgIpc) is 3.00. The van der Waals surface area contributed by atoms with Gasteiger partial charge in [0, 0.05) is 25.0 Å². The van der Waals surface area contributed by atoms with Crippen molar-refractivity contribution in [3.63, 3.8) is 0 Å². The lowest BCUT2D eigenvalue weighted by molar-refractivity contribution is 0.493. The Morgan fingerprint density at radius 1 is 0.895 bits per heavy atom. The minimum atomic E-state index is 0.639. The van der Waals surface area contributed by atoms with Gasteiger partial charge in [0.1, 0.15) is 12.0 Å². The van der Waals surface area contributed by atoms with Gasteiger partial charge >= 0.3 is 0 Å². The van der Waals surface area contributed by atoms with Crippen LogP contribution in [0.4, 0.5) is 0 Å². The van der Waals surface area contributed by atoms with Crippen LogP contribution in [0.25, 0.3) is 11.5 Å². The summed E-state index contributed by atoms with van der Waals surface area (Å²) in [6.45, 7) is 0. The van der Waals surface area contributed by atoms with Crippen LogP contribution in [0.2, 0.25) is 0 Å². The lowest BCUT2D eigenvalue weighted by Gasteiger charge is -2.01. The number of nitrogens with zero attached hydrogens (tertiary/aromatic N) is 4. The Morgan fingerprint density at radius 2 is 1.79 bits per heavy atom. The molecule has 0 aromatic carbocycles. The van der Waals surface area contributed by atoms with Crippen LogP contribution in [0.5, 0.6) is 0 Å². The molecule has 0 aliphatic rings. The highest BCUT2D eigenvalue weighted by Gasteiger charge is 2.03. The molecule has 0 saturated heterocycles. The Morgan fingerprint density at radius 3 is 2.47 bits per heavy atom. The smallest absolute Gasteiger partial charge is 0.194 e. The molecule has 94 valence electrons. The Bertz CT molecular complexity index is 620. The molecule has 0 bridgehead atoms. The fourth-order valence-electron chi connectivity index (χ4n) is 1.74. The van der Waals surface area contributed by atoms with Crippen molar-refractivity contribution < 1.29 is 4.42 Å². The van der Waals surface area contributed by atoms with Crippen molar-refractivity contribution in [3.05, 3.63) is 60.7 Å². The first kappa shape index (κ1) is 11.5. The maximum Gasteiger partial charge on any atom is 0.194 e. The predicted molar refractivity (Wildman–Crippen MR) is 69.2 cm³/mol. The summed E-state index contributed by atoms with van der Waals surface area (Å²) in [4.78, 5) is 16.9. The van der Waals surface area contributed by atoms with E-state index in [9.17, 15) is 0 Å². The Hall–Kier alpha value is -2.56. The number of rotatable bonds is 4. The minimum Gasteiger partial charge on any atom is -0.449 e. The second-order valence-corrected chi connectivity index (χ2v) is 4.06. The first-order valence-corrected chi connectivity index (χ1v) is 6.02. The highest BCUT2D eigenvalue weighted by Crippen LogP contribution is 2.11. The largest absolute Gasteiger partial charge is 0.449 e. The zero-order chi connectivity index (χ0) is 12.9. The van der Waals surface area contributed by atoms with Crippen LogP contribution in [-0.2, 0) is 12.8 Å². The van der Waals surface area contributed by atoms with Gasteiger partial charge in [0.05, 0.1) is 6.20 Å². The lowest BCUT2D eigenvalue weighted by Crippen LogP contribution is -1.96. The van der Waals surface area contributed by atoms with E-state index in [1.54, 1.807) is 18.7 Å². The van der Waals surface area contributed by atoms with E-state index in [0.717, 1.165) is 30.0 Å². The number of oxazole rings is 1. The van der Waals surface area contributed by atoms with Crippen molar-refractivity contribution >= 4 is 0 Å². The van der Waals surface area contributed by atoms with Crippen molar-refractivity contribution in [3.8, 4) is 11.5 Å². The summed E-state index contributed by atoms with van der Waals surface area (Å²) >= 11 is 0. The molecule has 0 fully saturated rings. The summed E-state index contributed by atoms with van der Waals surface area (Å²) in [6.07, 6.45) is 10.2. The molecule has 0 saturated carbocycles. The number of hydrogen-bond donors (Lipinski definition) is 0. The molecule has 5 nitrogen and oxygen atoms in total. The van der Waals surface area contributed by atoms with Gasteiger partial charge in [-0.15, -0.1) is 0 Å². The third kappa shape index (κ3) is 2.82. The summed E-state index contributed by atoms with van der Waals surface area (Å²) < 4.78 is 5.19. The van der Waals surface area contributed by atoms with Gasteiger partial charge in [-0.3, -0.25) is 4.98 Å². The maximum absolute atomic E-state index is 5.19. The molecule has 0 radical (unpaired) electrons. The Labute approximate surface area is 110 Å². The second-order valence-electron chi connectivity index (χ2n) is 4.06. The van der Waals surface area contributed by atoms with Gasteiger partial charge in [-0.2, -0.15) is 0 Å². The van der Waals surface area contributed by atoms with Gasteiger partial charge in [-0.05, 0) is 24.1 Å². The van der Waals surface area contributed by atoms with Crippen molar-refractivity contribution in [2.45, 2.75) is 12.8 Å². The molecule has 0 spiro atoms. The van der Waals surface area contributed by atoms with Crippen molar-refractivity contribution in [2.24, 2.45) is 0 Å². The van der Waals surface area contributed by atoms with E-state index in [1.165, 1.54) is 0 Å². The van der Waals surface area contributed by atoms with Crippen LogP contribution in [0.15, 0.2) is 53.7 Å². The monoisotopic (exact) mass is 252 g/mol. The summed E-state index contributed by atoms with van der Waals surface area (Å²) in [5.74, 6) is 1.37. The first-order chi connectivity index (χ1) is 9.42. The zero-order valence-corrected chi connectivity index (χ0v) is 10.2. The second kappa shape index (κ2) is 5.39. The van der Waals surface area contributed by atoms with Gasteiger partial charge in [0.2, 0.25) is 0 Å².